The molecule has 2 unspecified atom stereocenters. The van der Waals surface area contributed by atoms with Gasteiger partial charge in [0.1, 0.15) is 11.3 Å². The van der Waals surface area contributed by atoms with Crippen molar-refractivity contribution >= 4 is 16.9 Å². The molecule has 5 nitrogen and oxygen atoms in total. The number of nitrogens with two attached hydrogens (primary N) is 1. The second kappa shape index (κ2) is 5.25. The van der Waals surface area contributed by atoms with Crippen LogP contribution in [0.25, 0.3) is 11.0 Å². The van der Waals surface area contributed by atoms with Gasteiger partial charge in [0.05, 0.1) is 11.1 Å². The second-order valence-corrected chi connectivity index (χ2v) is 6.23. The maximum absolute atomic E-state index is 11.5. The number of hydrogen-bond acceptors (Lipinski definition) is 3. The molecule has 0 bridgehead atoms. The molecule has 0 spiro atoms. The molecule has 1 fully saturated rings. The van der Waals surface area contributed by atoms with Gasteiger partial charge in [-0.3, -0.25) is 9.69 Å². The smallest absolute Gasteiger partial charge is 0.250 e. The summed E-state index contributed by atoms with van der Waals surface area (Å²) in [7, 11) is 0. The molecule has 3 N–H and O–H groups in total. The fraction of sp³-hybridized carbons (Fsp3) is 0.412. The van der Waals surface area contributed by atoms with Crippen molar-refractivity contribution in [3.63, 3.8) is 0 Å². The summed E-state index contributed by atoms with van der Waals surface area (Å²) < 4.78 is 0. The van der Waals surface area contributed by atoms with Gasteiger partial charge in [-0.1, -0.05) is 18.2 Å². The Morgan fingerprint density at radius 3 is 3.14 bits per heavy atom. The number of imidazole rings is 1. The molecule has 5 heteroatoms. The van der Waals surface area contributed by atoms with Crippen molar-refractivity contribution in [2.45, 2.75) is 31.2 Å². The minimum atomic E-state index is -0.423. The molecule has 3 heterocycles. The highest BCUT2D eigenvalue weighted by molar-refractivity contribution is 6.04. The van der Waals surface area contributed by atoms with Crippen LogP contribution in [0.5, 0.6) is 0 Å². The van der Waals surface area contributed by atoms with Gasteiger partial charge in [0.2, 0.25) is 0 Å². The SMILES string of the molecule is NC(=O)c1cccc2[nH]c(C3CCN4CCC=CC4C3)nc12. The molecule has 1 aromatic carbocycles. The van der Waals surface area contributed by atoms with Crippen molar-refractivity contribution in [1.29, 1.82) is 0 Å². The van der Waals surface area contributed by atoms with Gasteiger partial charge in [-0.05, 0) is 37.9 Å². The van der Waals surface area contributed by atoms with Crippen molar-refractivity contribution in [2.75, 3.05) is 13.1 Å². The molecule has 2 aromatic rings. The van der Waals surface area contributed by atoms with E-state index in [1.807, 2.05) is 12.1 Å². The van der Waals surface area contributed by atoms with Gasteiger partial charge in [-0.2, -0.15) is 0 Å². The number of para-hydroxylation sites is 1. The standard InChI is InChI=1S/C17H20N4O/c18-16(22)13-5-3-6-14-15(13)20-17(19-14)11-7-9-21-8-2-1-4-12(21)10-11/h1,3-6,11-12H,2,7-10H2,(H2,18,22)(H,19,20). The van der Waals surface area contributed by atoms with E-state index in [0.717, 1.165) is 37.1 Å². The van der Waals surface area contributed by atoms with Crippen LogP contribution in [-0.4, -0.2) is 39.9 Å². The topological polar surface area (TPSA) is 75.0 Å². The van der Waals surface area contributed by atoms with Crippen molar-refractivity contribution in [3.8, 4) is 0 Å². The number of hydrogen-bond donors (Lipinski definition) is 2. The van der Waals surface area contributed by atoms with E-state index in [2.05, 4.69) is 22.0 Å². The van der Waals surface area contributed by atoms with Crippen LogP contribution in [0.3, 0.4) is 0 Å². The lowest BCUT2D eigenvalue weighted by Crippen LogP contribution is -2.42. The van der Waals surface area contributed by atoms with Crippen LogP contribution in [0.4, 0.5) is 0 Å². The summed E-state index contributed by atoms with van der Waals surface area (Å²) >= 11 is 0. The number of nitrogens with one attached hydrogen (secondary N) is 1. The van der Waals surface area contributed by atoms with Crippen LogP contribution in [0.1, 0.15) is 41.4 Å². The Hall–Kier alpha value is -2.14. The van der Waals surface area contributed by atoms with Crippen LogP contribution in [0.2, 0.25) is 0 Å². The number of H-pyrrole nitrogens is 1. The zero-order valence-corrected chi connectivity index (χ0v) is 12.5. The molecule has 0 aliphatic carbocycles. The highest BCUT2D eigenvalue weighted by atomic mass is 16.1. The molecule has 2 aliphatic rings. The van der Waals surface area contributed by atoms with Gasteiger partial charge in [0.25, 0.3) is 5.91 Å². The second-order valence-electron chi connectivity index (χ2n) is 6.23. The first-order valence-corrected chi connectivity index (χ1v) is 7.91. The first-order chi connectivity index (χ1) is 10.7. The van der Waals surface area contributed by atoms with Gasteiger partial charge in [0.15, 0.2) is 0 Å². The van der Waals surface area contributed by atoms with E-state index < -0.39 is 5.91 Å². The quantitative estimate of drug-likeness (QED) is 0.834. The lowest BCUT2D eigenvalue weighted by molar-refractivity contribution is 0.100. The van der Waals surface area contributed by atoms with Crippen molar-refractivity contribution in [3.05, 3.63) is 41.7 Å². The lowest BCUT2D eigenvalue weighted by atomic mass is 9.88. The molecular formula is C17H20N4O. The fourth-order valence-corrected chi connectivity index (χ4v) is 3.71. The summed E-state index contributed by atoms with van der Waals surface area (Å²) in [6, 6.07) is 6.06. The Bertz CT molecular complexity index is 748. The Labute approximate surface area is 129 Å². The van der Waals surface area contributed by atoms with Crippen molar-refractivity contribution < 1.29 is 4.79 Å². The third kappa shape index (κ3) is 2.22. The molecule has 4 rings (SSSR count). The maximum Gasteiger partial charge on any atom is 0.250 e. The molecule has 114 valence electrons. The number of carbonyl (C=O) groups is 1. The number of piperidine rings is 1. The average Bonchev–Trinajstić information content (AvgIpc) is 2.98. The molecule has 22 heavy (non-hydrogen) atoms. The molecule has 1 amide bonds. The summed E-state index contributed by atoms with van der Waals surface area (Å²) in [5, 5.41) is 0. The maximum atomic E-state index is 11.5. The van der Waals surface area contributed by atoms with E-state index in [0.29, 0.717) is 23.0 Å². The zero-order valence-electron chi connectivity index (χ0n) is 12.5. The number of fused-ring (bicyclic) bond motifs is 2. The number of benzene rings is 1. The Morgan fingerprint density at radius 2 is 2.27 bits per heavy atom. The first-order valence-electron chi connectivity index (χ1n) is 7.91. The molecular weight excluding hydrogens is 276 g/mol. The van der Waals surface area contributed by atoms with Crippen LogP contribution in [0, 0.1) is 0 Å². The molecule has 1 saturated heterocycles. The number of primary amides is 1. The van der Waals surface area contributed by atoms with Gasteiger partial charge >= 0.3 is 0 Å². The van der Waals surface area contributed by atoms with Gasteiger partial charge < -0.3 is 10.7 Å². The largest absolute Gasteiger partial charge is 0.366 e. The molecule has 0 radical (unpaired) electrons. The van der Waals surface area contributed by atoms with Gasteiger partial charge in [-0.15, -0.1) is 0 Å². The van der Waals surface area contributed by atoms with Gasteiger partial charge in [-0.25, -0.2) is 4.98 Å². The minimum absolute atomic E-state index is 0.414. The Kier molecular flexibility index (Phi) is 3.22. The summed E-state index contributed by atoms with van der Waals surface area (Å²) in [5.41, 5.74) is 7.54. The normalized spacial score (nSPS) is 25.3. The van der Waals surface area contributed by atoms with Gasteiger partial charge in [0, 0.05) is 18.5 Å². The summed E-state index contributed by atoms with van der Waals surface area (Å²) in [5.74, 6) is 0.980. The molecule has 1 aromatic heterocycles. The number of nitrogens with zero attached hydrogens (tertiary/aromatic N) is 2. The average molecular weight is 296 g/mol. The zero-order chi connectivity index (χ0) is 15.1. The van der Waals surface area contributed by atoms with Crippen LogP contribution in [-0.2, 0) is 0 Å². The summed E-state index contributed by atoms with van der Waals surface area (Å²) in [6.07, 6.45) is 7.96. The Balaban J connectivity index is 1.67. The van der Waals surface area contributed by atoms with Crippen molar-refractivity contribution in [2.24, 2.45) is 5.73 Å². The van der Waals surface area contributed by atoms with E-state index in [9.17, 15) is 4.79 Å². The minimum Gasteiger partial charge on any atom is -0.366 e. The highest BCUT2D eigenvalue weighted by Crippen LogP contribution is 2.33. The number of amides is 1. The van der Waals surface area contributed by atoms with Crippen LogP contribution in [0.15, 0.2) is 30.4 Å². The number of aromatic nitrogens is 2. The van der Waals surface area contributed by atoms with E-state index >= 15 is 0 Å². The molecule has 0 saturated carbocycles. The molecule has 2 atom stereocenters. The van der Waals surface area contributed by atoms with Crippen molar-refractivity contribution in [1.82, 2.24) is 14.9 Å². The molecule has 2 aliphatic heterocycles. The third-order valence-electron chi connectivity index (χ3n) is 4.88. The van der Waals surface area contributed by atoms with Crippen LogP contribution >= 0.6 is 0 Å². The third-order valence-corrected chi connectivity index (χ3v) is 4.88. The van der Waals surface area contributed by atoms with E-state index in [4.69, 9.17) is 10.7 Å². The predicted octanol–water partition coefficient (Wildman–Crippen LogP) is 2.17. The number of carbonyl (C=O) groups excluding carboxylic acids is 1. The highest BCUT2D eigenvalue weighted by Gasteiger charge is 2.30. The predicted molar refractivity (Wildman–Crippen MR) is 85.7 cm³/mol. The van der Waals surface area contributed by atoms with Crippen LogP contribution < -0.4 is 5.73 Å². The summed E-state index contributed by atoms with van der Waals surface area (Å²) in [4.78, 5) is 22.2. The van der Waals surface area contributed by atoms with E-state index in [1.54, 1.807) is 6.07 Å². The number of aromatic amines is 1. The Morgan fingerprint density at radius 1 is 1.36 bits per heavy atom. The van der Waals surface area contributed by atoms with E-state index in [1.165, 1.54) is 6.54 Å². The first kappa shape index (κ1) is 13.5. The monoisotopic (exact) mass is 296 g/mol. The summed E-state index contributed by atoms with van der Waals surface area (Å²) in [6.45, 7) is 2.28. The lowest BCUT2D eigenvalue weighted by Gasteiger charge is -2.39. The van der Waals surface area contributed by atoms with E-state index in [-0.39, 0.29) is 0 Å². The number of rotatable bonds is 2. The fourth-order valence-electron chi connectivity index (χ4n) is 3.71.